The molecule has 0 aliphatic carbocycles. The Morgan fingerprint density at radius 2 is 1.21 bits per heavy atom. The molecular weight excluding hydrogens is 292 g/mol. The summed E-state index contributed by atoms with van der Waals surface area (Å²) >= 11 is 0. The third-order valence-corrected chi connectivity index (χ3v) is 3.86. The summed E-state index contributed by atoms with van der Waals surface area (Å²) in [7, 11) is 0. The first-order valence-electron chi connectivity index (χ1n) is 8.35. The molecule has 120 valence electrons. The predicted octanol–water partition coefficient (Wildman–Crippen LogP) is 5.31. The molecule has 0 atom stereocenters. The molecule has 24 heavy (non-hydrogen) atoms. The van der Waals surface area contributed by atoms with Crippen LogP contribution in [0.25, 0.3) is 0 Å². The maximum atomic E-state index is 4.71. The van der Waals surface area contributed by atoms with E-state index < -0.39 is 0 Å². The monoisotopic (exact) mass is 314 g/mol. The van der Waals surface area contributed by atoms with Crippen molar-refractivity contribution >= 4 is 11.9 Å². The van der Waals surface area contributed by atoms with Gasteiger partial charge in [0.25, 0.3) is 0 Å². The van der Waals surface area contributed by atoms with E-state index in [0.29, 0.717) is 0 Å². The van der Waals surface area contributed by atoms with Crippen molar-refractivity contribution < 1.29 is 0 Å². The van der Waals surface area contributed by atoms with Crippen molar-refractivity contribution in [1.29, 1.82) is 0 Å². The van der Waals surface area contributed by atoms with Crippen molar-refractivity contribution in [2.24, 2.45) is 5.10 Å². The highest BCUT2D eigenvalue weighted by Gasteiger charge is 2.04. The molecule has 2 nitrogen and oxygen atoms in total. The molecule has 3 rings (SSSR count). The van der Waals surface area contributed by atoms with Crippen molar-refractivity contribution in [2.45, 2.75) is 19.4 Å². The third-order valence-electron chi connectivity index (χ3n) is 3.86. The van der Waals surface area contributed by atoms with E-state index in [4.69, 9.17) is 5.10 Å². The van der Waals surface area contributed by atoms with Crippen LogP contribution in [0.2, 0.25) is 0 Å². The highest BCUT2D eigenvalue weighted by atomic mass is 15.4. The van der Waals surface area contributed by atoms with Gasteiger partial charge >= 0.3 is 0 Å². The molecule has 0 saturated carbocycles. The number of nitrogens with zero attached hydrogens (tertiary/aromatic N) is 2. The van der Waals surface area contributed by atoms with Crippen LogP contribution in [-0.2, 0) is 13.0 Å². The van der Waals surface area contributed by atoms with Gasteiger partial charge < -0.3 is 0 Å². The van der Waals surface area contributed by atoms with E-state index in [0.717, 1.165) is 25.1 Å². The summed E-state index contributed by atoms with van der Waals surface area (Å²) < 4.78 is 0. The quantitative estimate of drug-likeness (QED) is 0.426. The fourth-order valence-electron chi connectivity index (χ4n) is 2.59. The van der Waals surface area contributed by atoms with Crippen molar-refractivity contribution in [2.75, 3.05) is 5.01 Å². The van der Waals surface area contributed by atoms with Gasteiger partial charge in [0.05, 0.1) is 12.2 Å². The average Bonchev–Trinajstić information content (AvgIpc) is 2.66. The predicted molar refractivity (Wildman–Crippen MR) is 102 cm³/mol. The Bertz CT molecular complexity index is 737. The van der Waals surface area contributed by atoms with Crippen LogP contribution < -0.4 is 5.01 Å². The van der Waals surface area contributed by atoms with Gasteiger partial charge in [-0.3, -0.25) is 5.01 Å². The molecule has 0 amide bonds. The number of para-hydroxylation sites is 1. The zero-order valence-electron chi connectivity index (χ0n) is 13.8. The molecule has 0 spiro atoms. The molecule has 0 unspecified atom stereocenters. The Balaban J connectivity index is 1.67. The van der Waals surface area contributed by atoms with E-state index in [-0.39, 0.29) is 0 Å². The molecule has 3 aromatic rings. The zero-order chi connectivity index (χ0) is 16.5. The minimum atomic E-state index is 0.771. The number of anilines is 1. The molecule has 0 heterocycles. The third kappa shape index (κ3) is 4.82. The summed E-state index contributed by atoms with van der Waals surface area (Å²) in [4.78, 5) is 0. The Hall–Kier alpha value is -2.87. The van der Waals surface area contributed by atoms with Crippen LogP contribution in [0.15, 0.2) is 96.1 Å². The second-order valence-corrected chi connectivity index (χ2v) is 5.70. The number of aryl methyl sites for hydroxylation is 1. The fraction of sp³-hybridized carbons (Fsp3) is 0.136. The second kappa shape index (κ2) is 8.68. The van der Waals surface area contributed by atoms with Crippen LogP contribution in [0.3, 0.4) is 0 Å². The summed E-state index contributed by atoms with van der Waals surface area (Å²) in [5.41, 5.74) is 3.71. The summed E-state index contributed by atoms with van der Waals surface area (Å²) in [5.74, 6) is 0. The van der Waals surface area contributed by atoms with Crippen LogP contribution in [0, 0.1) is 0 Å². The number of hydrazone groups is 1. The van der Waals surface area contributed by atoms with Crippen molar-refractivity contribution in [1.82, 2.24) is 0 Å². The van der Waals surface area contributed by atoms with Crippen LogP contribution >= 0.6 is 0 Å². The number of hydrogen-bond donors (Lipinski definition) is 0. The van der Waals surface area contributed by atoms with Gasteiger partial charge in [0.15, 0.2) is 0 Å². The SMILES string of the molecule is C(CCc1ccccc1)=NN(Cc1ccccc1)c1ccccc1. The molecule has 0 aliphatic rings. The first-order chi connectivity index (χ1) is 11.9. The lowest BCUT2D eigenvalue weighted by Gasteiger charge is -2.19. The molecule has 0 bridgehead atoms. The minimum absolute atomic E-state index is 0.771. The van der Waals surface area contributed by atoms with Crippen molar-refractivity contribution in [3.63, 3.8) is 0 Å². The highest BCUT2D eigenvalue weighted by molar-refractivity contribution is 5.61. The topological polar surface area (TPSA) is 15.6 Å². The van der Waals surface area contributed by atoms with E-state index in [2.05, 4.69) is 71.7 Å². The molecule has 0 saturated heterocycles. The minimum Gasteiger partial charge on any atom is -0.261 e. The van der Waals surface area contributed by atoms with Crippen LogP contribution in [0.4, 0.5) is 5.69 Å². The largest absolute Gasteiger partial charge is 0.261 e. The first kappa shape index (κ1) is 16.0. The maximum Gasteiger partial charge on any atom is 0.0666 e. The lowest BCUT2D eigenvalue weighted by molar-refractivity contribution is 0.852. The molecular formula is C22H22N2. The van der Waals surface area contributed by atoms with Crippen LogP contribution in [0.5, 0.6) is 0 Å². The number of hydrogen-bond acceptors (Lipinski definition) is 2. The van der Waals surface area contributed by atoms with Gasteiger partial charge in [-0.25, -0.2) is 0 Å². The van der Waals surface area contributed by atoms with Crippen molar-refractivity contribution in [3.8, 4) is 0 Å². The number of rotatable bonds is 7. The van der Waals surface area contributed by atoms with Gasteiger partial charge in [-0.05, 0) is 36.1 Å². The zero-order valence-corrected chi connectivity index (χ0v) is 13.8. The van der Waals surface area contributed by atoms with Gasteiger partial charge in [0, 0.05) is 6.21 Å². The van der Waals surface area contributed by atoms with E-state index in [9.17, 15) is 0 Å². The molecule has 0 fully saturated rings. The molecule has 0 N–H and O–H groups in total. The van der Waals surface area contributed by atoms with E-state index in [1.807, 2.05) is 30.5 Å². The van der Waals surface area contributed by atoms with Crippen LogP contribution in [0.1, 0.15) is 17.5 Å². The molecule has 0 aliphatic heterocycles. The lowest BCUT2D eigenvalue weighted by Crippen LogP contribution is -2.15. The Morgan fingerprint density at radius 1 is 0.667 bits per heavy atom. The summed E-state index contributed by atoms with van der Waals surface area (Å²) in [6.45, 7) is 0.771. The van der Waals surface area contributed by atoms with Gasteiger partial charge in [-0.1, -0.05) is 78.9 Å². The van der Waals surface area contributed by atoms with Crippen molar-refractivity contribution in [3.05, 3.63) is 102 Å². The Labute approximate surface area is 144 Å². The van der Waals surface area contributed by atoms with E-state index in [1.165, 1.54) is 11.1 Å². The molecule has 0 radical (unpaired) electrons. The molecule has 3 aromatic carbocycles. The smallest absolute Gasteiger partial charge is 0.0666 e. The van der Waals surface area contributed by atoms with Gasteiger partial charge in [-0.2, -0.15) is 5.10 Å². The lowest BCUT2D eigenvalue weighted by atomic mass is 10.1. The fourth-order valence-corrected chi connectivity index (χ4v) is 2.59. The average molecular weight is 314 g/mol. The molecule has 0 aromatic heterocycles. The highest BCUT2D eigenvalue weighted by Crippen LogP contribution is 2.17. The second-order valence-electron chi connectivity index (χ2n) is 5.70. The van der Waals surface area contributed by atoms with Gasteiger partial charge in [-0.15, -0.1) is 0 Å². The number of benzene rings is 3. The van der Waals surface area contributed by atoms with Gasteiger partial charge in [0.1, 0.15) is 0 Å². The molecule has 2 heteroatoms. The summed E-state index contributed by atoms with van der Waals surface area (Å²) in [6.07, 6.45) is 3.96. The first-order valence-corrected chi connectivity index (χ1v) is 8.35. The Morgan fingerprint density at radius 3 is 1.83 bits per heavy atom. The van der Waals surface area contributed by atoms with Crippen LogP contribution in [-0.4, -0.2) is 6.21 Å². The Kier molecular flexibility index (Phi) is 5.79. The summed E-state index contributed by atoms with van der Waals surface area (Å²) in [6, 6.07) is 31.3. The normalized spacial score (nSPS) is 10.8. The maximum absolute atomic E-state index is 4.71. The standard InChI is InChI=1S/C22H22N2/c1-4-11-20(12-5-1)15-10-18-23-24(22-16-8-3-9-17-22)19-21-13-6-2-7-14-21/h1-9,11-14,16-18H,10,15,19H2. The summed E-state index contributed by atoms with van der Waals surface area (Å²) in [5, 5.41) is 6.77. The van der Waals surface area contributed by atoms with E-state index >= 15 is 0 Å². The van der Waals surface area contributed by atoms with E-state index in [1.54, 1.807) is 0 Å². The van der Waals surface area contributed by atoms with Gasteiger partial charge in [0.2, 0.25) is 0 Å².